The van der Waals surface area contributed by atoms with Crippen molar-refractivity contribution in [2.24, 2.45) is 0 Å². The maximum absolute atomic E-state index is 10.3. The van der Waals surface area contributed by atoms with Crippen molar-refractivity contribution in [3.8, 4) is 0 Å². The van der Waals surface area contributed by atoms with Gasteiger partial charge in [-0.15, -0.1) is 0 Å². The van der Waals surface area contributed by atoms with Crippen LogP contribution in [0.2, 0.25) is 0 Å². The number of aliphatic hydroxyl groups is 2. The first-order valence-electron chi connectivity index (χ1n) is 4.52. The Morgan fingerprint density at radius 3 is 2.40 bits per heavy atom. The first kappa shape index (κ1) is 11.7. The smallest absolute Gasteiger partial charge is 0.328 e. The van der Waals surface area contributed by atoms with Crippen LogP contribution in [0.1, 0.15) is 13.8 Å². The minimum absolute atomic E-state index is 0.550. The molecule has 0 aromatic heterocycles. The summed E-state index contributed by atoms with van der Waals surface area (Å²) in [5.41, 5.74) is -2.19. The van der Waals surface area contributed by atoms with E-state index < -0.39 is 17.2 Å². The molecule has 1 aliphatic carbocycles. The predicted molar refractivity (Wildman–Crippen MR) is 55.2 cm³/mol. The number of allylic oxidation sites excluding steroid dienone is 3. The van der Waals surface area contributed by atoms with Gasteiger partial charge < -0.3 is 15.3 Å². The van der Waals surface area contributed by atoms with Crippen LogP contribution in [0.5, 0.6) is 0 Å². The number of hydrogen-bond acceptors (Lipinski definition) is 3. The molecule has 0 radical (unpaired) electrons. The van der Waals surface area contributed by atoms with E-state index in [1.54, 1.807) is 6.08 Å². The molecular formula is C11H14O4. The maximum Gasteiger partial charge on any atom is 0.328 e. The molecule has 4 nitrogen and oxygen atoms in total. The van der Waals surface area contributed by atoms with Crippen LogP contribution in [0.3, 0.4) is 0 Å². The fourth-order valence-electron chi connectivity index (χ4n) is 1.22. The van der Waals surface area contributed by atoms with Crippen LogP contribution in [-0.4, -0.2) is 32.5 Å². The molecule has 0 fully saturated rings. The van der Waals surface area contributed by atoms with Crippen molar-refractivity contribution < 1.29 is 20.1 Å². The zero-order valence-electron chi connectivity index (χ0n) is 8.64. The summed E-state index contributed by atoms with van der Waals surface area (Å²) in [5.74, 6) is -1.05. The van der Waals surface area contributed by atoms with Crippen molar-refractivity contribution in [3.05, 3.63) is 36.0 Å². The predicted octanol–water partition coefficient (Wildman–Crippen LogP) is 0.625. The largest absolute Gasteiger partial charge is 0.478 e. The van der Waals surface area contributed by atoms with Crippen LogP contribution in [-0.2, 0) is 4.79 Å². The zero-order chi connectivity index (χ0) is 11.7. The summed E-state index contributed by atoms with van der Waals surface area (Å²) < 4.78 is 0. The third kappa shape index (κ3) is 2.55. The van der Waals surface area contributed by atoms with E-state index in [0.717, 1.165) is 6.08 Å². The summed E-state index contributed by atoms with van der Waals surface area (Å²) in [4.78, 5) is 10.3. The highest BCUT2D eigenvalue weighted by Gasteiger charge is 2.39. The Balaban J connectivity index is 2.94. The number of carboxylic acid groups (broad SMARTS) is 1. The van der Waals surface area contributed by atoms with Crippen LogP contribution in [0.25, 0.3) is 0 Å². The topological polar surface area (TPSA) is 77.8 Å². The Morgan fingerprint density at radius 1 is 1.33 bits per heavy atom. The summed E-state index contributed by atoms with van der Waals surface area (Å²) in [5, 5.41) is 28.1. The summed E-state index contributed by atoms with van der Waals surface area (Å²) in [6.45, 7) is 2.95. The Morgan fingerprint density at radius 2 is 1.93 bits per heavy atom. The van der Waals surface area contributed by atoms with Gasteiger partial charge in [-0.2, -0.15) is 0 Å². The van der Waals surface area contributed by atoms with Gasteiger partial charge in [0.05, 0.1) is 0 Å². The molecule has 4 heteroatoms. The van der Waals surface area contributed by atoms with Gasteiger partial charge in [0.2, 0.25) is 0 Å². The number of hydrogen-bond donors (Lipinski definition) is 3. The molecule has 3 N–H and O–H groups in total. The van der Waals surface area contributed by atoms with Crippen LogP contribution in [0, 0.1) is 0 Å². The van der Waals surface area contributed by atoms with Crippen molar-refractivity contribution >= 4 is 5.97 Å². The molecule has 0 aromatic rings. The molecule has 0 bridgehead atoms. The lowest BCUT2D eigenvalue weighted by Crippen LogP contribution is -2.48. The maximum atomic E-state index is 10.3. The fraction of sp³-hybridized carbons (Fsp3) is 0.364. The SMILES string of the molecule is CC1(O)C=CC(C=CC(=O)O)=CC1(C)O. The summed E-state index contributed by atoms with van der Waals surface area (Å²) in [6.07, 6.45) is 6.77. The van der Waals surface area contributed by atoms with Crippen LogP contribution < -0.4 is 0 Å². The van der Waals surface area contributed by atoms with Crippen molar-refractivity contribution in [2.75, 3.05) is 0 Å². The molecule has 1 aliphatic rings. The highest BCUT2D eigenvalue weighted by Crippen LogP contribution is 2.30. The second-order valence-electron chi connectivity index (χ2n) is 3.94. The van der Waals surface area contributed by atoms with Crippen molar-refractivity contribution in [1.29, 1.82) is 0 Å². The third-order valence-electron chi connectivity index (χ3n) is 2.49. The lowest BCUT2D eigenvalue weighted by Gasteiger charge is -2.36. The Hall–Kier alpha value is -1.39. The van der Waals surface area contributed by atoms with E-state index in [-0.39, 0.29) is 0 Å². The molecule has 0 heterocycles. The van der Waals surface area contributed by atoms with Gasteiger partial charge in [-0.25, -0.2) is 4.79 Å². The molecule has 82 valence electrons. The molecule has 15 heavy (non-hydrogen) atoms. The molecule has 2 atom stereocenters. The van der Waals surface area contributed by atoms with Crippen LogP contribution in [0.4, 0.5) is 0 Å². The average Bonchev–Trinajstić information content (AvgIpc) is 2.07. The van der Waals surface area contributed by atoms with Gasteiger partial charge in [0, 0.05) is 6.08 Å². The Bertz CT molecular complexity index is 359. The molecule has 0 saturated heterocycles. The zero-order valence-corrected chi connectivity index (χ0v) is 8.64. The number of aliphatic carboxylic acids is 1. The molecule has 1 rings (SSSR count). The fourth-order valence-corrected chi connectivity index (χ4v) is 1.22. The van der Waals surface area contributed by atoms with Crippen LogP contribution >= 0.6 is 0 Å². The summed E-state index contributed by atoms with van der Waals surface area (Å²) in [6, 6.07) is 0. The molecule has 0 saturated carbocycles. The number of carbonyl (C=O) groups is 1. The Labute approximate surface area is 87.9 Å². The van der Waals surface area contributed by atoms with E-state index in [1.807, 2.05) is 0 Å². The van der Waals surface area contributed by atoms with Crippen molar-refractivity contribution in [1.82, 2.24) is 0 Å². The van der Waals surface area contributed by atoms with Gasteiger partial charge in [-0.05, 0) is 37.6 Å². The monoisotopic (exact) mass is 210 g/mol. The highest BCUT2D eigenvalue weighted by atomic mass is 16.4. The van der Waals surface area contributed by atoms with E-state index in [9.17, 15) is 15.0 Å². The molecular weight excluding hydrogens is 196 g/mol. The van der Waals surface area contributed by atoms with Crippen LogP contribution in [0.15, 0.2) is 36.0 Å². The van der Waals surface area contributed by atoms with E-state index in [1.165, 1.54) is 32.1 Å². The second-order valence-corrected chi connectivity index (χ2v) is 3.94. The third-order valence-corrected chi connectivity index (χ3v) is 2.49. The van der Waals surface area contributed by atoms with Gasteiger partial charge in [0.1, 0.15) is 11.2 Å². The lowest BCUT2D eigenvalue weighted by atomic mass is 9.80. The Kier molecular flexibility index (Phi) is 2.83. The lowest BCUT2D eigenvalue weighted by molar-refractivity contribution is -0.131. The molecule has 0 spiro atoms. The number of rotatable bonds is 2. The van der Waals surface area contributed by atoms with Gasteiger partial charge >= 0.3 is 5.97 Å². The molecule has 0 aliphatic heterocycles. The van der Waals surface area contributed by atoms with Gasteiger partial charge in [0.25, 0.3) is 0 Å². The van der Waals surface area contributed by atoms with Crippen molar-refractivity contribution in [3.63, 3.8) is 0 Å². The highest BCUT2D eigenvalue weighted by molar-refractivity contribution is 5.80. The minimum Gasteiger partial charge on any atom is -0.478 e. The molecule has 0 aromatic carbocycles. The van der Waals surface area contributed by atoms with Crippen molar-refractivity contribution in [2.45, 2.75) is 25.0 Å². The first-order valence-corrected chi connectivity index (χ1v) is 4.52. The molecule has 2 unspecified atom stereocenters. The molecule has 0 amide bonds. The number of carboxylic acids is 1. The minimum atomic E-state index is -1.40. The van der Waals surface area contributed by atoms with E-state index in [4.69, 9.17) is 5.11 Å². The average molecular weight is 210 g/mol. The van der Waals surface area contributed by atoms with Gasteiger partial charge in [0.15, 0.2) is 0 Å². The van der Waals surface area contributed by atoms with E-state index in [0.29, 0.717) is 5.57 Å². The first-order chi connectivity index (χ1) is 6.74. The van der Waals surface area contributed by atoms with E-state index in [2.05, 4.69) is 0 Å². The summed E-state index contributed by atoms with van der Waals surface area (Å²) in [7, 11) is 0. The second kappa shape index (κ2) is 3.64. The summed E-state index contributed by atoms with van der Waals surface area (Å²) >= 11 is 0. The van der Waals surface area contributed by atoms with Gasteiger partial charge in [-0.3, -0.25) is 0 Å². The quantitative estimate of drug-likeness (QED) is 0.584. The standard InChI is InChI=1S/C11H14O4/c1-10(14)6-5-8(3-4-9(12)13)7-11(10,2)15/h3-7,14-15H,1-2H3,(H,12,13). The normalized spacial score (nSPS) is 35.6. The van der Waals surface area contributed by atoms with E-state index >= 15 is 0 Å². The van der Waals surface area contributed by atoms with Gasteiger partial charge in [-0.1, -0.05) is 6.08 Å².